The number of nitrogens with zero attached hydrogens (tertiary/aromatic N) is 1. The third kappa shape index (κ3) is 6.91. The Morgan fingerprint density at radius 1 is 0.875 bits per heavy atom. The maximum atomic E-state index is 12.8. The molecule has 7 nitrogen and oxygen atoms in total. The van der Waals surface area contributed by atoms with Gasteiger partial charge in [0.25, 0.3) is 11.8 Å². The summed E-state index contributed by atoms with van der Waals surface area (Å²) in [6, 6.07) is 24.4. The quantitative estimate of drug-likeness (QED) is 0.380. The van der Waals surface area contributed by atoms with Crippen LogP contribution in [0.15, 0.2) is 90.0 Å². The van der Waals surface area contributed by atoms with Gasteiger partial charge in [0.05, 0.1) is 6.21 Å². The van der Waals surface area contributed by atoms with Gasteiger partial charge < -0.3 is 10.6 Å². The Morgan fingerprint density at radius 3 is 2.12 bits per heavy atom. The topological polar surface area (TPSA) is 99.7 Å². The van der Waals surface area contributed by atoms with Crippen molar-refractivity contribution in [3.8, 4) is 0 Å². The van der Waals surface area contributed by atoms with E-state index in [2.05, 4.69) is 21.2 Å². The highest BCUT2D eigenvalue weighted by Gasteiger charge is 2.21. The highest BCUT2D eigenvalue weighted by molar-refractivity contribution is 5.97. The van der Waals surface area contributed by atoms with E-state index in [-0.39, 0.29) is 11.8 Å². The van der Waals surface area contributed by atoms with Crippen LogP contribution in [-0.2, 0) is 16.0 Å². The molecule has 0 aliphatic heterocycles. The van der Waals surface area contributed by atoms with Crippen LogP contribution in [-0.4, -0.2) is 30.0 Å². The van der Waals surface area contributed by atoms with E-state index in [9.17, 15) is 14.4 Å². The van der Waals surface area contributed by atoms with Gasteiger partial charge in [-0.1, -0.05) is 60.7 Å². The highest BCUT2D eigenvalue weighted by Crippen LogP contribution is 2.08. The first kappa shape index (κ1) is 22.4. The Kier molecular flexibility index (Phi) is 7.86. The predicted molar refractivity (Wildman–Crippen MR) is 124 cm³/mol. The van der Waals surface area contributed by atoms with Gasteiger partial charge in [-0.05, 0) is 35.4 Å². The van der Waals surface area contributed by atoms with E-state index >= 15 is 0 Å². The summed E-state index contributed by atoms with van der Waals surface area (Å²) < 4.78 is 0. The first-order valence-electron chi connectivity index (χ1n) is 10.1. The van der Waals surface area contributed by atoms with Gasteiger partial charge in [0.2, 0.25) is 5.91 Å². The van der Waals surface area contributed by atoms with Crippen LogP contribution in [0, 0.1) is 0 Å². The number of nitrogens with one attached hydrogen (secondary N) is 3. The standard InChI is InChI=1S/C25H24N4O3/c1-18(30)27-22-14-12-20(13-15-22)17-26-29-25(32)23(16-19-8-4-2-5-9-19)28-24(31)21-10-6-3-7-11-21/h2-15,17,23H,16H2,1H3,(H,27,30)(H,28,31)(H,29,32). The molecule has 1 atom stereocenters. The van der Waals surface area contributed by atoms with Crippen molar-refractivity contribution in [3.63, 3.8) is 0 Å². The first-order chi connectivity index (χ1) is 15.5. The van der Waals surface area contributed by atoms with Gasteiger partial charge in [-0.2, -0.15) is 5.10 Å². The Morgan fingerprint density at radius 2 is 1.50 bits per heavy atom. The fourth-order valence-corrected chi connectivity index (χ4v) is 2.99. The van der Waals surface area contributed by atoms with Gasteiger partial charge >= 0.3 is 0 Å². The molecule has 0 fully saturated rings. The van der Waals surface area contributed by atoms with E-state index in [0.717, 1.165) is 11.1 Å². The van der Waals surface area contributed by atoms with E-state index in [1.165, 1.54) is 13.1 Å². The average Bonchev–Trinajstić information content (AvgIpc) is 2.80. The van der Waals surface area contributed by atoms with Gasteiger partial charge in [-0.25, -0.2) is 5.43 Å². The van der Waals surface area contributed by atoms with E-state index in [1.54, 1.807) is 48.5 Å². The summed E-state index contributed by atoms with van der Waals surface area (Å²) in [5.74, 6) is -0.913. The summed E-state index contributed by atoms with van der Waals surface area (Å²) in [7, 11) is 0. The first-order valence-corrected chi connectivity index (χ1v) is 10.1. The fraction of sp³-hybridized carbons (Fsp3) is 0.120. The molecule has 1 unspecified atom stereocenters. The van der Waals surface area contributed by atoms with Crippen LogP contribution >= 0.6 is 0 Å². The number of rotatable bonds is 8. The molecule has 3 aromatic rings. The van der Waals surface area contributed by atoms with Crippen molar-refractivity contribution in [2.75, 3.05) is 5.32 Å². The second-order valence-corrected chi connectivity index (χ2v) is 7.12. The molecule has 0 aromatic heterocycles. The molecule has 7 heteroatoms. The SMILES string of the molecule is CC(=O)Nc1ccc(C=NNC(=O)C(Cc2ccccc2)NC(=O)c2ccccc2)cc1. The lowest BCUT2D eigenvalue weighted by molar-refractivity contribution is -0.123. The molecule has 32 heavy (non-hydrogen) atoms. The third-order valence-electron chi connectivity index (χ3n) is 4.56. The molecule has 0 aliphatic rings. The molecule has 0 saturated heterocycles. The lowest BCUT2D eigenvalue weighted by atomic mass is 10.0. The lowest BCUT2D eigenvalue weighted by Gasteiger charge is -2.17. The van der Waals surface area contributed by atoms with Crippen molar-refractivity contribution in [1.82, 2.24) is 10.7 Å². The van der Waals surface area contributed by atoms with Crippen molar-refractivity contribution in [1.29, 1.82) is 0 Å². The van der Waals surface area contributed by atoms with Crippen molar-refractivity contribution in [2.24, 2.45) is 5.10 Å². The van der Waals surface area contributed by atoms with Crippen LogP contribution in [0.1, 0.15) is 28.4 Å². The van der Waals surface area contributed by atoms with Crippen LogP contribution in [0.3, 0.4) is 0 Å². The van der Waals surface area contributed by atoms with E-state index < -0.39 is 11.9 Å². The number of hydrazone groups is 1. The van der Waals surface area contributed by atoms with E-state index in [4.69, 9.17) is 0 Å². The Hall–Kier alpha value is -4.26. The smallest absolute Gasteiger partial charge is 0.262 e. The second-order valence-electron chi connectivity index (χ2n) is 7.12. The van der Waals surface area contributed by atoms with Crippen LogP contribution in [0.4, 0.5) is 5.69 Å². The van der Waals surface area contributed by atoms with Gasteiger partial charge in [0.1, 0.15) is 6.04 Å². The normalized spacial score (nSPS) is 11.5. The maximum Gasteiger partial charge on any atom is 0.262 e. The molecular formula is C25H24N4O3. The molecule has 3 N–H and O–H groups in total. The maximum absolute atomic E-state index is 12.8. The number of hydrogen-bond donors (Lipinski definition) is 3. The zero-order chi connectivity index (χ0) is 22.8. The van der Waals surface area contributed by atoms with Crippen LogP contribution in [0.25, 0.3) is 0 Å². The van der Waals surface area contributed by atoms with Crippen LogP contribution in [0.5, 0.6) is 0 Å². The van der Waals surface area contributed by atoms with Gasteiger partial charge in [0.15, 0.2) is 0 Å². The van der Waals surface area contributed by atoms with E-state index in [0.29, 0.717) is 17.7 Å². The Bertz CT molecular complexity index is 1080. The minimum atomic E-state index is -0.801. The zero-order valence-electron chi connectivity index (χ0n) is 17.6. The molecule has 162 valence electrons. The Balaban J connectivity index is 1.66. The summed E-state index contributed by atoms with van der Waals surface area (Å²) in [5, 5.41) is 9.49. The van der Waals surface area contributed by atoms with Crippen molar-refractivity contribution in [3.05, 3.63) is 102 Å². The van der Waals surface area contributed by atoms with Crippen molar-refractivity contribution < 1.29 is 14.4 Å². The minimum Gasteiger partial charge on any atom is -0.340 e. The fourth-order valence-electron chi connectivity index (χ4n) is 2.99. The predicted octanol–water partition coefficient (Wildman–Crippen LogP) is 3.14. The molecule has 0 spiro atoms. The van der Waals surface area contributed by atoms with Gasteiger partial charge in [0, 0.05) is 24.6 Å². The number of hydrogen-bond acceptors (Lipinski definition) is 4. The van der Waals surface area contributed by atoms with E-state index in [1.807, 2.05) is 36.4 Å². The molecule has 0 bridgehead atoms. The number of anilines is 1. The lowest BCUT2D eigenvalue weighted by Crippen LogP contribution is -2.46. The second kappa shape index (κ2) is 11.2. The summed E-state index contributed by atoms with van der Waals surface area (Å²) in [6.45, 7) is 1.44. The molecule has 0 aliphatic carbocycles. The third-order valence-corrected chi connectivity index (χ3v) is 4.56. The molecule has 0 saturated carbocycles. The molecule has 3 aromatic carbocycles. The molecule has 3 rings (SSSR count). The molecule has 3 amide bonds. The summed E-state index contributed by atoms with van der Waals surface area (Å²) in [6.07, 6.45) is 1.82. The van der Waals surface area contributed by atoms with Gasteiger partial charge in [-0.3, -0.25) is 14.4 Å². The number of amides is 3. The summed E-state index contributed by atoms with van der Waals surface area (Å²) >= 11 is 0. The highest BCUT2D eigenvalue weighted by atomic mass is 16.2. The number of carbonyl (C=O) groups is 3. The molecule has 0 radical (unpaired) electrons. The van der Waals surface area contributed by atoms with Gasteiger partial charge in [-0.15, -0.1) is 0 Å². The molecular weight excluding hydrogens is 404 g/mol. The Labute approximate surface area is 186 Å². The van der Waals surface area contributed by atoms with Crippen LogP contribution in [0.2, 0.25) is 0 Å². The van der Waals surface area contributed by atoms with Crippen LogP contribution < -0.4 is 16.1 Å². The minimum absolute atomic E-state index is 0.152. The van der Waals surface area contributed by atoms with Crippen molar-refractivity contribution >= 4 is 29.6 Å². The molecule has 0 heterocycles. The number of carbonyl (C=O) groups excluding carboxylic acids is 3. The average molecular weight is 428 g/mol. The summed E-state index contributed by atoms with van der Waals surface area (Å²) in [4.78, 5) is 36.5. The largest absolute Gasteiger partial charge is 0.340 e. The zero-order valence-corrected chi connectivity index (χ0v) is 17.6. The summed E-state index contributed by atoms with van der Waals surface area (Å²) in [5.41, 5.74) is 5.30. The van der Waals surface area contributed by atoms with Crippen molar-refractivity contribution in [2.45, 2.75) is 19.4 Å². The monoisotopic (exact) mass is 428 g/mol. The number of benzene rings is 3.